The molecule has 1 aliphatic rings. The van der Waals surface area contributed by atoms with Crippen LogP contribution in [-0.2, 0) is 9.59 Å². The monoisotopic (exact) mass is 266 g/mol. The maximum atomic E-state index is 11.6. The Morgan fingerprint density at radius 3 is 2.32 bits per heavy atom. The van der Waals surface area contributed by atoms with E-state index in [1.165, 1.54) is 0 Å². The molecule has 0 spiro atoms. The van der Waals surface area contributed by atoms with Gasteiger partial charge in [0, 0.05) is 18.5 Å². The fourth-order valence-electron chi connectivity index (χ4n) is 1.91. The highest BCUT2D eigenvalue weighted by atomic mass is 16.5. The molecule has 106 valence electrons. The largest absolute Gasteiger partial charge is 0.326 e. The molecule has 1 rings (SSSR count). The quantitative estimate of drug-likeness (QED) is 0.358. The molecule has 0 aromatic heterocycles. The summed E-state index contributed by atoms with van der Waals surface area (Å²) in [5.41, 5.74) is 2.50. The Morgan fingerprint density at radius 2 is 1.74 bits per heavy atom. The topological polar surface area (TPSA) is 78.4 Å². The summed E-state index contributed by atoms with van der Waals surface area (Å²) in [5, 5.41) is 11.2. The van der Waals surface area contributed by atoms with Crippen molar-refractivity contribution >= 4 is 11.8 Å². The van der Waals surface area contributed by atoms with Gasteiger partial charge in [0.2, 0.25) is 11.8 Å². The molecule has 0 heterocycles. The van der Waals surface area contributed by atoms with Crippen molar-refractivity contribution in [2.75, 3.05) is 0 Å². The van der Waals surface area contributed by atoms with Gasteiger partial charge in [0.1, 0.15) is 0 Å². The van der Waals surface area contributed by atoms with Crippen molar-refractivity contribution in [1.29, 1.82) is 0 Å². The van der Waals surface area contributed by atoms with Gasteiger partial charge in [0.25, 0.3) is 0 Å². The van der Waals surface area contributed by atoms with Crippen molar-refractivity contribution in [3.63, 3.8) is 0 Å². The fourth-order valence-corrected chi connectivity index (χ4v) is 1.91. The predicted molar refractivity (Wildman–Crippen MR) is 72.2 cm³/mol. The summed E-state index contributed by atoms with van der Waals surface area (Å²) < 4.78 is 0. The van der Waals surface area contributed by atoms with Crippen LogP contribution in [0, 0.1) is 0 Å². The van der Waals surface area contributed by atoms with Crippen LogP contribution in [0.1, 0.15) is 51.4 Å². The van der Waals surface area contributed by atoms with Crippen molar-refractivity contribution < 1.29 is 14.8 Å². The molecule has 0 unspecified atom stereocenters. The third-order valence-electron chi connectivity index (χ3n) is 2.96. The maximum absolute atomic E-state index is 11.6. The third-order valence-corrected chi connectivity index (χ3v) is 2.96. The van der Waals surface area contributed by atoms with Gasteiger partial charge in [0.15, 0.2) is 0 Å². The molecule has 1 aliphatic carbocycles. The van der Waals surface area contributed by atoms with Crippen LogP contribution in [0.4, 0.5) is 0 Å². The van der Waals surface area contributed by atoms with Crippen LogP contribution in [0.2, 0.25) is 0 Å². The fraction of sp³-hybridized carbons (Fsp3) is 0.571. The van der Waals surface area contributed by atoms with Crippen LogP contribution < -0.4 is 10.8 Å². The average Bonchev–Trinajstić information content (AvgIpc) is 2.43. The Bertz CT molecular complexity index is 362. The number of amides is 2. The molecule has 19 heavy (non-hydrogen) atoms. The van der Waals surface area contributed by atoms with Crippen molar-refractivity contribution in [2.24, 2.45) is 0 Å². The molecule has 0 saturated heterocycles. The molecule has 0 radical (unpaired) electrons. The van der Waals surface area contributed by atoms with E-state index >= 15 is 0 Å². The number of allylic oxidation sites excluding steroid dienone is 3. The summed E-state index contributed by atoms with van der Waals surface area (Å²) in [6.45, 7) is 0. The smallest absolute Gasteiger partial charge is 0.243 e. The summed E-state index contributed by atoms with van der Waals surface area (Å²) in [7, 11) is 0. The lowest BCUT2D eigenvalue weighted by Gasteiger charge is -2.08. The zero-order chi connectivity index (χ0) is 13.9. The van der Waals surface area contributed by atoms with Crippen LogP contribution in [0.3, 0.4) is 0 Å². The van der Waals surface area contributed by atoms with Crippen LogP contribution in [-0.4, -0.2) is 17.0 Å². The Morgan fingerprint density at radius 1 is 1.05 bits per heavy atom. The molecule has 0 aromatic rings. The minimum absolute atomic E-state index is 0.0471. The third kappa shape index (κ3) is 7.41. The SMILES string of the molecule is O=C(CCCCCCC(=O)NC1=CCCC=C1)NO. The first-order valence-electron chi connectivity index (χ1n) is 6.82. The van der Waals surface area contributed by atoms with Gasteiger partial charge in [0.05, 0.1) is 0 Å². The number of carbonyl (C=O) groups is 2. The second-order valence-corrected chi connectivity index (χ2v) is 4.64. The van der Waals surface area contributed by atoms with Crippen molar-refractivity contribution in [1.82, 2.24) is 10.8 Å². The Balaban J connectivity index is 2.00. The van der Waals surface area contributed by atoms with Gasteiger partial charge in [-0.25, -0.2) is 5.48 Å². The second-order valence-electron chi connectivity index (χ2n) is 4.64. The number of hydroxylamine groups is 1. The van der Waals surface area contributed by atoms with Crippen LogP contribution in [0.15, 0.2) is 23.9 Å². The number of hydrogen-bond acceptors (Lipinski definition) is 3. The van der Waals surface area contributed by atoms with Crippen molar-refractivity contribution in [2.45, 2.75) is 51.4 Å². The zero-order valence-corrected chi connectivity index (χ0v) is 11.2. The molecule has 0 fully saturated rings. The molecule has 2 amide bonds. The highest BCUT2D eigenvalue weighted by Gasteiger charge is 2.04. The number of hydrogen-bond donors (Lipinski definition) is 3. The van der Waals surface area contributed by atoms with Gasteiger partial charge in [-0.15, -0.1) is 0 Å². The molecule has 0 aromatic carbocycles. The minimum Gasteiger partial charge on any atom is -0.326 e. The highest BCUT2D eigenvalue weighted by Crippen LogP contribution is 2.08. The number of unbranched alkanes of at least 4 members (excludes halogenated alkanes) is 3. The lowest BCUT2D eigenvalue weighted by atomic mass is 10.1. The Kier molecular flexibility index (Phi) is 7.58. The second kappa shape index (κ2) is 9.33. The predicted octanol–water partition coefficient (Wildman–Crippen LogP) is 2.18. The van der Waals surface area contributed by atoms with Crippen molar-refractivity contribution in [3.05, 3.63) is 23.9 Å². The standard InChI is InChI=1S/C14H22N2O3/c17-13(15-12-8-4-3-5-9-12)10-6-1-2-7-11-14(18)16-19/h4,8-9,19H,1-3,5-7,10-11H2,(H,15,17)(H,16,18). The van der Waals surface area contributed by atoms with Gasteiger partial charge in [-0.05, 0) is 31.8 Å². The molecule has 0 bridgehead atoms. The van der Waals surface area contributed by atoms with Gasteiger partial charge >= 0.3 is 0 Å². The highest BCUT2D eigenvalue weighted by molar-refractivity contribution is 5.78. The van der Waals surface area contributed by atoms with E-state index in [0.29, 0.717) is 12.8 Å². The summed E-state index contributed by atoms with van der Waals surface area (Å²) >= 11 is 0. The van der Waals surface area contributed by atoms with Gasteiger partial charge in [-0.1, -0.05) is 25.0 Å². The van der Waals surface area contributed by atoms with E-state index in [1.54, 1.807) is 5.48 Å². The molecular formula is C14H22N2O3. The van der Waals surface area contributed by atoms with E-state index in [0.717, 1.165) is 44.2 Å². The van der Waals surface area contributed by atoms with E-state index in [4.69, 9.17) is 5.21 Å². The normalized spacial score (nSPS) is 13.8. The molecule has 0 aliphatic heterocycles. The molecule has 5 heteroatoms. The van der Waals surface area contributed by atoms with Gasteiger partial charge in [-0.2, -0.15) is 0 Å². The number of carbonyl (C=O) groups excluding carboxylic acids is 2. The molecule has 5 nitrogen and oxygen atoms in total. The average molecular weight is 266 g/mol. The first-order chi connectivity index (χ1) is 9.22. The lowest BCUT2D eigenvalue weighted by Crippen LogP contribution is -2.22. The first kappa shape index (κ1) is 15.4. The van der Waals surface area contributed by atoms with Crippen LogP contribution in [0.25, 0.3) is 0 Å². The zero-order valence-electron chi connectivity index (χ0n) is 11.2. The summed E-state index contributed by atoms with van der Waals surface area (Å²) in [6, 6.07) is 0. The van der Waals surface area contributed by atoms with Crippen molar-refractivity contribution in [3.8, 4) is 0 Å². The molecule has 0 saturated carbocycles. The summed E-state index contributed by atoms with van der Waals surface area (Å²) in [5.74, 6) is -0.306. The van der Waals surface area contributed by atoms with E-state index in [1.807, 2.05) is 12.2 Å². The molecule has 3 N–H and O–H groups in total. The van der Waals surface area contributed by atoms with Gasteiger partial charge < -0.3 is 5.32 Å². The van der Waals surface area contributed by atoms with Gasteiger partial charge in [-0.3, -0.25) is 14.8 Å². The Labute approximate surface area is 113 Å². The van der Waals surface area contributed by atoms with E-state index in [9.17, 15) is 9.59 Å². The maximum Gasteiger partial charge on any atom is 0.243 e. The van der Waals surface area contributed by atoms with E-state index < -0.39 is 0 Å². The van der Waals surface area contributed by atoms with Crippen LogP contribution >= 0.6 is 0 Å². The van der Waals surface area contributed by atoms with Crippen LogP contribution in [0.5, 0.6) is 0 Å². The number of rotatable bonds is 8. The summed E-state index contributed by atoms with van der Waals surface area (Å²) in [6.07, 6.45) is 12.3. The van der Waals surface area contributed by atoms with E-state index in [-0.39, 0.29) is 11.8 Å². The molecule has 0 atom stereocenters. The lowest BCUT2D eigenvalue weighted by molar-refractivity contribution is -0.129. The van der Waals surface area contributed by atoms with E-state index in [2.05, 4.69) is 11.4 Å². The molecular weight excluding hydrogens is 244 g/mol. The Hall–Kier alpha value is -1.62. The minimum atomic E-state index is -0.353. The first-order valence-corrected chi connectivity index (χ1v) is 6.82. The summed E-state index contributed by atoms with van der Waals surface area (Å²) in [4.78, 5) is 22.4. The number of nitrogens with one attached hydrogen (secondary N) is 2.